The normalized spacial score (nSPS) is 12.8. The summed E-state index contributed by atoms with van der Waals surface area (Å²) in [5, 5.41) is 2.60. The average Bonchev–Trinajstić information content (AvgIpc) is 2.75. The maximum absolute atomic E-state index is 4.75. The quantitative estimate of drug-likeness (QED) is 0.399. The van der Waals surface area contributed by atoms with Crippen LogP contribution in [0.25, 0.3) is 33.1 Å². The number of hydrogen-bond donors (Lipinski definition) is 0. The number of benzene rings is 2. The first-order valence-electron chi connectivity index (χ1n) is 7.61. The second-order valence-corrected chi connectivity index (χ2v) is 6.12. The van der Waals surface area contributed by atoms with Crippen LogP contribution in [0.2, 0.25) is 0 Å². The molecule has 0 radical (unpaired) electrons. The molecule has 0 atom stereocenters. The summed E-state index contributed by atoms with van der Waals surface area (Å²) in [6.45, 7) is 5.06. The van der Waals surface area contributed by atoms with Gasteiger partial charge in [-0.25, -0.2) is 4.98 Å². The van der Waals surface area contributed by atoms with E-state index in [1.54, 1.807) is 0 Å². The van der Waals surface area contributed by atoms with Crippen LogP contribution in [0.5, 0.6) is 0 Å². The van der Waals surface area contributed by atoms with Crippen molar-refractivity contribution in [3.63, 3.8) is 0 Å². The monoisotopic (exact) mass is 286 g/mol. The van der Waals surface area contributed by atoms with Crippen LogP contribution in [-0.2, 0) is 6.67 Å². The Bertz CT molecular complexity index is 1070. The molecule has 2 aromatic carbocycles. The van der Waals surface area contributed by atoms with Gasteiger partial charge in [-0.05, 0) is 36.9 Å². The lowest BCUT2D eigenvalue weighted by molar-refractivity contribution is -0.690. The number of fused-ring (bicyclic) bond motifs is 2. The van der Waals surface area contributed by atoms with Crippen molar-refractivity contribution >= 4 is 21.8 Å². The zero-order valence-electron chi connectivity index (χ0n) is 12.7. The smallest absolute Gasteiger partial charge is 0.229 e. The summed E-state index contributed by atoms with van der Waals surface area (Å²) >= 11 is 0. The molecular weight excluding hydrogens is 270 g/mol. The van der Waals surface area contributed by atoms with Gasteiger partial charge in [0.1, 0.15) is 5.82 Å². The van der Waals surface area contributed by atoms with Crippen LogP contribution in [0.15, 0.2) is 48.7 Å². The average molecular weight is 286 g/mol. The fraction of sp³-hybridized carbons (Fsp3) is 0.158. The van der Waals surface area contributed by atoms with Gasteiger partial charge < -0.3 is 0 Å². The van der Waals surface area contributed by atoms with E-state index < -0.39 is 0 Å². The van der Waals surface area contributed by atoms with Crippen LogP contribution < -0.4 is 4.57 Å². The molecule has 0 aliphatic carbocycles. The number of imidazole rings is 1. The van der Waals surface area contributed by atoms with Crippen LogP contribution in [0.4, 0.5) is 0 Å². The zero-order chi connectivity index (χ0) is 14.8. The van der Waals surface area contributed by atoms with Gasteiger partial charge in [-0.1, -0.05) is 18.2 Å². The maximum atomic E-state index is 4.75. The first kappa shape index (κ1) is 11.9. The van der Waals surface area contributed by atoms with E-state index in [1.165, 1.54) is 33.1 Å². The Morgan fingerprint density at radius 1 is 1.09 bits per heavy atom. The standard InChI is InChI=1S/C19H16N3/c1-12-8-9-21-11-22-13(2)20-16-7-6-14-4-3-5-15(17(21)10-12)18(14)19(16)22/h3-10H,11H2,1-2H3/q+1. The van der Waals surface area contributed by atoms with Crippen molar-refractivity contribution in [2.24, 2.45) is 0 Å². The van der Waals surface area contributed by atoms with Gasteiger partial charge in [-0.15, -0.1) is 0 Å². The number of nitrogens with zero attached hydrogens (tertiary/aromatic N) is 3. The first-order valence-corrected chi connectivity index (χ1v) is 7.61. The van der Waals surface area contributed by atoms with Gasteiger partial charge in [0, 0.05) is 17.5 Å². The van der Waals surface area contributed by atoms with Crippen molar-refractivity contribution in [2.45, 2.75) is 20.5 Å². The molecule has 5 rings (SSSR count). The molecule has 3 heterocycles. The molecule has 3 heteroatoms. The van der Waals surface area contributed by atoms with Crippen LogP contribution in [0.1, 0.15) is 11.4 Å². The Balaban J connectivity index is 2.09. The summed E-state index contributed by atoms with van der Waals surface area (Å²) in [7, 11) is 0. The predicted molar refractivity (Wildman–Crippen MR) is 87.7 cm³/mol. The van der Waals surface area contributed by atoms with Gasteiger partial charge >= 0.3 is 0 Å². The van der Waals surface area contributed by atoms with E-state index >= 15 is 0 Å². The lowest BCUT2D eigenvalue weighted by Gasteiger charge is -2.05. The van der Waals surface area contributed by atoms with Gasteiger partial charge in [0.05, 0.1) is 16.6 Å². The Labute approximate surface area is 128 Å². The van der Waals surface area contributed by atoms with Crippen LogP contribution >= 0.6 is 0 Å². The molecule has 0 amide bonds. The van der Waals surface area contributed by atoms with Crippen LogP contribution in [0, 0.1) is 13.8 Å². The lowest BCUT2D eigenvalue weighted by atomic mass is 9.99. The molecule has 0 bridgehead atoms. The van der Waals surface area contributed by atoms with Gasteiger partial charge in [0.25, 0.3) is 0 Å². The second-order valence-electron chi connectivity index (χ2n) is 6.12. The topological polar surface area (TPSA) is 21.7 Å². The van der Waals surface area contributed by atoms with Crippen molar-refractivity contribution in [1.82, 2.24) is 9.55 Å². The van der Waals surface area contributed by atoms with E-state index in [0.717, 1.165) is 18.0 Å². The minimum Gasteiger partial charge on any atom is -0.270 e. The van der Waals surface area contributed by atoms with Gasteiger partial charge in [-0.3, -0.25) is 4.57 Å². The number of pyridine rings is 1. The Hall–Kier alpha value is -2.68. The summed E-state index contributed by atoms with van der Waals surface area (Å²) in [5.74, 6) is 1.07. The summed E-state index contributed by atoms with van der Waals surface area (Å²) < 4.78 is 4.64. The van der Waals surface area contributed by atoms with E-state index in [9.17, 15) is 0 Å². The van der Waals surface area contributed by atoms with E-state index in [2.05, 4.69) is 71.6 Å². The highest BCUT2D eigenvalue weighted by Gasteiger charge is 2.25. The number of aryl methyl sites for hydroxylation is 2. The minimum absolute atomic E-state index is 0.811. The highest BCUT2D eigenvalue weighted by molar-refractivity contribution is 6.11. The minimum atomic E-state index is 0.811. The van der Waals surface area contributed by atoms with Crippen molar-refractivity contribution in [3.05, 3.63) is 60.0 Å². The fourth-order valence-corrected chi connectivity index (χ4v) is 3.64. The molecule has 2 aromatic heterocycles. The van der Waals surface area contributed by atoms with Gasteiger partial charge in [-0.2, -0.15) is 4.57 Å². The third-order valence-corrected chi connectivity index (χ3v) is 4.70. The van der Waals surface area contributed by atoms with E-state index in [4.69, 9.17) is 4.98 Å². The highest BCUT2D eigenvalue weighted by Crippen LogP contribution is 2.35. The molecule has 0 N–H and O–H groups in total. The number of aromatic nitrogens is 3. The van der Waals surface area contributed by atoms with Crippen molar-refractivity contribution < 1.29 is 4.57 Å². The summed E-state index contributed by atoms with van der Waals surface area (Å²) in [6, 6.07) is 15.3. The molecule has 1 aliphatic rings. The summed E-state index contributed by atoms with van der Waals surface area (Å²) in [6.07, 6.45) is 2.18. The van der Waals surface area contributed by atoms with Crippen molar-refractivity contribution in [2.75, 3.05) is 0 Å². The second kappa shape index (κ2) is 3.95. The third kappa shape index (κ3) is 1.40. The molecule has 4 aromatic rings. The molecule has 1 aliphatic heterocycles. The summed E-state index contributed by atoms with van der Waals surface area (Å²) in [5.41, 5.74) is 6.21. The molecule has 0 fully saturated rings. The molecule has 106 valence electrons. The highest BCUT2D eigenvalue weighted by atomic mass is 15.2. The van der Waals surface area contributed by atoms with Gasteiger partial charge in [0.2, 0.25) is 12.4 Å². The zero-order valence-corrected chi connectivity index (χ0v) is 12.7. The Morgan fingerprint density at radius 3 is 2.91 bits per heavy atom. The molecule has 3 nitrogen and oxygen atoms in total. The fourth-order valence-electron chi connectivity index (χ4n) is 3.64. The lowest BCUT2D eigenvalue weighted by Crippen LogP contribution is -2.39. The van der Waals surface area contributed by atoms with Gasteiger partial charge in [0.15, 0.2) is 6.20 Å². The maximum Gasteiger partial charge on any atom is 0.229 e. The van der Waals surface area contributed by atoms with Crippen molar-refractivity contribution in [1.29, 1.82) is 0 Å². The molecule has 0 saturated heterocycles. The summed E-state index contributed by atoms with van der Waals surface area (Å²) in [4.78, 5) is 4.75. The molecule has 22 heavy (non-hydrogen) atoms. The predicted octanol–water partition coefficient (Wildman–Crippen LogP) is 3.58. The Kier molecular flexibility index (Phi) is 2.14. The number of rotatable bonds is 0. The molecule has 0 spiro atoms. The van der Waals surface area contributed by atoms with E-state index in [0.29, 0.717) is 0 Å². The van der Waals surface area contributed by atoms with Crippen LogP contribution in [0.3, 0.4) is 0 Å². The number of hydrogen-bond acceptors (Lipinski definition) is 1. The van der Waals surface area contributed by atoms with Crippen molar-refractivity contribution in [3.8, 4) is 11.3 Å². The first-order chi connectivity index (χ1) is 10.7. The SMILES string of the molecule is Cc1cc[n+]2c(c1)-c1cccc3ccc4nc(C)n(c4c13)C2. The molecular formula is C19H16N3+. The van der Waals surface area contributed by atoms with Crippen LogP contribution in [-0.4, -0.2) is 9.55 Å². The largest absolute Gasteiger partial charge is 0.270 e. The van der Waals surface area contributed by atoms with E-state index in [-0.39, 0.29) is 0 Å². The molecule has 0 saturated carbocycles. The Morgan fingerprint density at radius 2 is 2.00 bits per heavy atom. The third-order valence-electron chi connectivity index (χ3n) is 4.70. The molecule has 0 unspecified atom stereocenters. The van der Waals surface area contributed by atoms with E-state index in [1.807, 2.05) is 0 Å².